The first-order chi connectivity index (χ1) is 18.4. The fourth-order valence-corrected chi connectivity index (χ4v) is 4.52. The first kappa shape index (κ1) is 28.2. The molecule has 0 amide bonds. The van der Waals surface area contributed by atoms with Gasteiger partial charge in [0.25, 0.3) is 0 Å². The number of nitrogens with zero attached hydrogens (tertiary/aromatic N) is 1. The molecule has 5 unspecified atom stereocenters. The van der Waals surface area contributed by atoms with Crippen molar-refractivity contribution >= 4 is 17.5 Å². The van der Waals surface area contributed by atoms with Gasteiger partial charge in [0.1, 0.15) is 35.6 Å². The predicted molar refractivity (Wildman–Crippen MR) is 133 cm³/mol. The van der Waals surface area contributed by atoms with Crippen molar-refractivity contribution in [1.82, 2.24) is 5.32 Å². The Bertz CT molecular complexity index is 1360. The fraction of sp³-hybridized carbons (Fsp3) is 0.400. The van der Waals surface area contributed by atoms with Gasteiger partial charge in [-0.1, -0.05) is 0 Å². The summed E-state index contributed by atoms with van der Waals surface area (Å²) in [6.45, 7) is 0.472. The molecular formula is C25H29N3O11. The highest BCUT2D eigenvalue weighted by Crippen LogP contribution is 2.42. The van der Waals surface area contributed by atoms with Crippen molar-refractivity contribution in [1.29, 1.82) is 0 Å². The number of nitrogens with two attached hydrogens (primary N) is 1. The van der Waals surface area contributed by atoms with Crippen molar-refractivity contribution < 1.29 is 54.4 Å². The Balaban J connectivity index is 1.82. The average molecular weight is 548 g/mol. The van der Waals surface area contributed by atoms with Crippen LogP contribution in [0, 0.1) is 6.92 Å². The number of hydrogen-bond acceptors (Lipinski definition) is 12. The summed E-state index contributed by atoms with van der Waals surface area (Å²) in [5.74, 6) is -4.82. The van der Waals surface area contributed by atoms with Gasteiger partial charge in [-0.15, -0.1) is 0 Å². The Hall–Kier alpha value is -3.79. The van der Waals surface area contributed by atoms with Gasteiger partial charge in [0, 0.05) is 36.3 Å². The standard InChI is InChI=1S/C25H29N3O11/c1-9-4-11-16(18(31)13(9)7-28-24(26)27-2)19(32)15-12(17(11)30)5-10(37-3)6-14(15)38-23-21(34)20(33)22(35)25(36,8-29)39-23/h4-6,20-23,29,31,33-36H,7-8H2,1-3H3,(H3,26,27,28). The lowest BCUT2D eigenvalue weighted by molar-refractivity contribution is -0.384. The van der Waals surface area contributed by atoms with Crippen molar-refractivity contribution in [2.45, 2.75) is 43.9 Å². The number of aryl methyl sites for hydroxylation is 1. The van der Waals surface area contributed by atoms with Gasteiger partial charge in [0.05, 0.1) is 24.8 Å². The number of aliphatic hydroxyl groups excluding tert-OH is 4. The molecule has 2 aliphatic rings. The number of hydrogen-bond donors (Lipinski definition) is 8. The summed E-state index contributed by atoms with van der Waals surface area (Å²) < 4.78 is 16.0. The highest BCUT2D eigenvalue weighted by Gasteiger charge is 2.54. The monoisotopic (exact) mass is 547 g/mol. The first-order valence-electron chi connectivity index (χ1n) is 11.7. The number of fused-ring (bicyclic) bond motifs is 2. The zero-order valence-corrected chi connectivity index (χ0v) is 21.2. The molecule has 0 spiro atoms. The Morgan fingerprint density at radius 3 is 2.41 bits per heavy atom. The molecule has 1 aliphatic carbocycles. The van der Waals surface area contributed by atoms with Crippen molar-refractivity contribution in [2.24, 2.45) is 10.7 Å². The third-order valence-electron chi connectivity index (χ3n) is 6.78. The quantitative estimate of drug-likeness (QED) is 0.124. The fourth-order valence-electron chi connectivity index (χ4n) is 4.52. The third-order valence-corrected chi connectivity index (χ3v) is 6.78. The van der Waals surface area contributed by atoms with Crippen LogP contribution in [0.3, 0.4) is 0 Å². The minimum atomic E-state index is -2.71. The van der Waals surface area contributed by atoms with E-state index in [1.54, 1.807) is 6.92 Å². The number of rotatable bonds is 6. The molecular weight excluding hydrogens is 518 g/mol. The Morgan fingerprint density at radius 2 is 1.79 bits per heavy atom. The Kier molecular flexibility index (Phi) is 7.53. The number of aliphatic hydroxyl groups is 5. The molecule has 0 aromatic heterocycles. The van der Waals surface area contributed by atoms with E-state index in [1.807, 2.05) is 0 Å². The Labute approximate surface area is 221 Å². The van der Waals surface area contributed by atoms with Gasteiger partial charge < -0.3 is 55.9 Å². The molecule has 2 aromatic carbocycles. The third kappa shape index (κ3) is 4.67. The van der Waals surface area contributed by atoms with Crippen LogP contribution < -0.4 is 20.5 Å². The van der Waals surface area contributed by atoms with E-state index in [-0.39, 0.29) is 51.8 Å². The van der Waals surface area contributed by atoms with Gasteiger partial charge in [0.2, 0.25) is 17.9 Å². The number of ether oxygens (including phenoxy) is 3. The van der Waals surface area contributed by atoms with Crippen molar-refractivity contribution in [2.75, 3.05) is 20.8 Å². The van der Waals surface area contributed by atoms with Crippen molar-refractivity contribution in [3.8, 4) is 17.2 Å². The number of nitrogens with one attached hydrogen (secondary N) is 1. The second-order valence-corrected chi connectivity index (χ2v) is 9.14. The first-order valence-corrected chi connectivity index (χ1v) is 11.7. The molecule has 5 atom stereocenters. The molecule has 0 bridgehead atoms. The van der Waals surface area contributed by atoms with E-state index < -0.39 is 54.3 Å². The minimum absolute atomic E-state index is 0.00349. The summed E-state index contributed by atoms with van der Waals surface area (Å²) in [4.78, 5) is 31.1. The lowest BCUT2D eigenvalue weighted by Crippen LogP contribution is -2.67. The van der Waals surface area contributed by atoms with E-state index in [2.05, 4.69) is 10.3 Å². The summed E-state index contributed by atoms with van der Waals surface area (Å²) >= 11 is 0. The van der Waals surface area contributed by atoms with Crippen molar-refractivity contribution in [3.05, 3.63) is 51.6 Å². The number of methoxy groups -OCH3 is 1. The van der Waals surface area contributed by atoms with Crippen LogP contribution in [0.4, 0.5) is 0 Å². The second-order valence-electron chi connectivity index (χ2n) is 9.14. The molecule has 9 N–H and O–H groups in total. The molecule has 0 saturated carbocycles. The predicted octanol–water partition coefficient (Wildman–Crippen LogP) is -1.98. The molecule has 4 rings (SSSR count). The number of carbonyl (C=O) groups excluding carboxylic acids is 2. The smallest absolute Gasteiger partial charge is 0.231 e. The SMILES string of the molecule is CN=C(N)NCc1c(C)cc2c(c1O)C(=O)c1c(OC3OC(O)(CO)C(O)C(O)C3O)cc(OC)cc1C2=O. The van der Waals surface area contributed by atoms with E-state index in [9.17, 15) is 40.2 Å². The van der Waals surface area contributed by atoms with Crippen LogP contribution in [0.15, 0.2) is 23.2 Å². The maximum atomic E-state index is 13.8. The number of aliphatic imine (C=N–C) groups is 1. The van der Waals surface area contributed by atoms with Crippen LogP contribution in [0.1, 0.15) is 43.0 Å². The van der Waals surface area contributed by atoms with Gasteiger partial charge in [0.15, 0.2) is 11.7 Å². The number of ketones is 2. The van der Waals surface area contributed by atoms with Crippen LogP contribution in [0.5, 0.6) is 17.2 Å². The van der Waals surface area contributed by atoms with Crippen LogP contribution >= 0.6 is 0 Å². The second kappa shape index (κ2) is 10.4. The highest BCUT2D eigenvalue weighted by molar-refractivity contribution is 6.30. The lowest BCUT2D eigenvalue weighted by Gasteiger charge is -2.44. The molecule has 14 nitrogen and oxygen atoms in total. The summed E-state index contributed by atoms with van der Waals surface area (Å²) in [5.41, 5.74) is 5.64. The normalized spacial score (nSPS) is 26.6. The molecule has 1 heterocycles. The van der Waals surface area contributed by atoms with Gasteiger partial charge in [-0.25, -0.2) is 0 Å². The van der Waals surface area contributed by atoms with E-state index in [1.165, 1.54) is 32.4 Å². The maximum absolute atomic E-state index is 13.8. The molecule has 210 valence electrons. The lowest BCUT2D eigenvalue weighted by atomic mass is 9.81. The zero-order valence-electron chi connectivity index (χ0n) is 21.2. The van der Waals surface area contributed by atoms with E-state index in [0.717, 1.165) is 0 Å². The number of carbonyl (C=O) groups is 2. The molecule has 1 saturated heterocycles. The van der Waals surface area contributed by atoms with E-state index in [0.29, 0.717) is 5.56 Å². The summed E-state index contributed by atoms with van der Waals surface area (Å²) in [6.07, 6.45) is -7.97. The summed E-state index contributed by atoms with van der Waals surface area (Å²) in [5, 5.41) is 64.4. The highest BCUT2D eigenvalue weighted by atomic mass is 16.8. The van der Waals surface area contributed by atoms with Crippen LogP contribution in [-0.2, 0) is 11.3 Å². The largest absolute Gasteiger partial charge is 0.507 e. The zero-order chi connectivity index (χ0) is 28.8. The van der Waals surface area contributed by atoms with Crippen LogP contribution in [0.2, 0.25) is 0 Å². The molecule has 1 fully saturated rings. The van der Waals surface area contributed by atoms with Crippen molar-refractivity contribution in [3.63, 3.8) is 0 Å². The number of aromatic hydroxyl groups is 1. The van der Waals surface area contributed by atoms with E-state index >= 15 is 0 Å². The minimum Gasteiger partial charge on any atom is -0.507 e. The molecule has 0 radical (unpaired) electrons. The number of phenolic OH excluding ortho intramolecular Hbond substituents is 1. The number of guanidine groups is 1. The molecule has 39 heavy (non-hydrogen) atoms. The van der Waals surface area contributed by atoms with Gasteiger partial charge in [-0.05, 0) is 24.6 Å². The van der Waals surface area contributed by atoms with E-state index in [4.69, 9.17) is 19.9 Å². The van der Waals surface area contributed by atoms with Gasteiger partial charge in [-0.3, -0.25) is 14.6 Å². The summed E-state index contributed by atoms with van der Waals surface area (Å²) in [6, 6.07) is 3.96. The summed E-state index contributed by atoms with van der Waals surface area (Å²) in [7, 11) is 2.76. The number of phenols is 1. The number of benzene rings is 2. The Morgan fingerprint density at radius 1 is 1.13 bits per heavy atom. The average Bonchev–Trinajstić information content (AvgIpc) is 2.92. The molecule has 2 aromatic rings. The van der Waals surface area contributed by atoms with Crippen LogP contribution in [-0.4, -0.2) is 99.3 Å². The molecule has 14 heteroatoms. The topological polar surface area (TPSA) is 234 Å². The maximum Gasteiger partial charge on any atom is 0.231 e. The molecule has 1 aliphatic heterocycles. The van der Waals surface area contributed by atoms with Gasteiger partial charge in [-0.2, -0.15) is 0 Å². The van der Waals surface area contributed by atoms with Crippen LogP contribution in [0.25, 0.3) is 0 Å². The van der Waals surface area contributed by atoms with Gasteiger partial charge >= 0.3 is 0 Å².